The van der Waals surface area contributed by atoms with Crippen molar-refractivity contribution in [3.63, 3.8) is 0 Å². The van der Waals surface area contributed by atoms with Crippen molar-refractivity contribution in [3.8, 4) is 0 Å². The van der Waals surface area contributed by atoms with E-state index in [1.807, 2.05) is 0 Å². The molecule has 0 saturated carbocycles. The van der Waals surface area contributed by atoms with E-state index < -0.39 is 21.8 Å². The Balaban J connectivity index is 1.81. The van der Waals surface area contributed by atoms with E-state index in [1.165, 1.54) is 131 Å². The van der Waals surface area contributed by atoms with Crippen LogP contribution in [0.3, 0.4) is 0 Å². The first-order valence-electron chi connectivity index (χ1n) is 27.4. The molecule has 0 fully saturated rings. The fraction of sp³-hybridized carbons (Fsp3) is 0.465. The minimum atomic E-state index is -2.63. The van der Waals surface area contributed by atoms with Gasteiger partial charge in [0.05, 0.1) is 0 Å². The van der Waals surface area contributed by atoms with Crippen molar-refractivity contribution in [2.75, 3.05) is 0 Å². The zero-order chi connectivity index (χ0) is 53.4. The van der Waals surface area contributed by atoms with Crippen molar-refractivity contribution in [1.82, 2.24) is 0 Å². The topological polar surface area (TPSA) is 0 Å². The third-order valence-electron chi connectivity index (χ3n) is 23.1. The average molecular weight is 1040 g/mol. The first-order valence-corrected chi connectivity index (χ1v) is 32.7. The number of hydrogen-bond donors (Lipinski definition) is 0. The van der Waals surface area contributed by atoms with E-state index in [0.29, 0.717) is 0 Å². The van der Waals surface area contributed by atoms with Crippen molar-refractivity contribution in [2.45, 2.75) is 213 Å². The van der Waals surface area contributed by atoms with Crippen molar-refractivity contribution in [1.29, 1.82) is 0 Å². The van der Waals surface area contributed by atoms with Crippen molar-refractivity contribution < 1.29 is 21.8 Å². The van der Waals surface area contributed by atoms with Gasteiger partial charge in [-0.25, -0.2) is 0 Å². The molecule has 0 spiro atoms. The molecular weight excluding hydrogens is 944 g/mol. The molecule has 379 valence electrons. The van der Waals surface area contributed by atoms with Gasteiger partial charge in [0.1, 0.15) is 0 Å². The zero-order valence-electron chi connectivity index (χ0n) is 49.9. The monoisotopic (exact) mass is 1030 g/mol. The van der Waals surface area contributed by atoms with Crippen LogP contribution >= 0.6 is 0 Å². The van der Waals surface area contributed by atoms with Crippen LogP contribution < -0.4 is 0 Å². The van der Waals surface area contributed by atoms with Crippen LogP contribution in [-0.4, -0.2) is 0 Å². The Bertz CT molecular complexity index is 2910. The summed E-state index contributed by atoms with van der Waals surface area (Å²) < 4.78 is 3.54. The van der Waals surface area contributed by atoms with Gasteiger partial charge < -0.3 is 0 Å². The molecule has 3 aromatic carbocycles. The van der Waals surface area contributed by atoms with Gasteiger partial charge in [-0.3, -0.25) is 0 Å². The maximum absolute atomic E-state index is 2.69. The summed E-state index contributed by atoms with van der Waals surface area (Å²) in [5.41, 5.74) is 40.8. The summed E-state index contributed by atoms with van der Waals surface area (Å²) in [5.74, 6) is 0. The Morgan fingerprint density at radius 2 is 0.431 bits per heavy atom. The fourth-order valence-electron chi connectivity index (χ4n) is 15.6. The van der Waals surface area contributed by atoms with E-state index in [4.69, 9.17) is 0 Å². The summed E-state index contributed by atoms with van der Waals surface area (Å²) in [7, 11) is 0. The Morgan fingerprint density at radius 3 is 0.639 bits per heavy atom. The molecule has 0 radical (unpaired) electrons. The average Bonchev–Trinajstić information content (AvgIpc) is 3.82. The Hall–Kier alpha value is -4.06. The molecule has 5 aliphatic carbocycles. The van der Waals surface area contributed by atoms with Gasteiger partial charge in [-0.05, 0) is 0 Å². The minimum absolute atomic E-state index is 0.358. The Morgan fingerprint density at radius 1 is 0.250 bits per heavy atom. The number of allylic oxidation sites excluding steroid dienone is 20. The molecule has 0 heterocycles. The first-order chi connectivity index (χ1) is 33.5. The maximum atomic E-state index is 2.69. The quantitative estimate of drug-likeness (QED) is 0.180. The van der Waals surface area contributed by atoms with Crippen molar-refractivity contribution in [2.24, 2.45) is 0 Å². The van der Waals surface area contributed by atoms with Crippen LogP contribution in [0.25, 0.3) is 0 Å². The molecule has 0 nitrogen and oxygen atoms in total. The second-order valence-electron chi connectivity index (χ2n) is 24.7. The third kappa shape index (κ3) is 7.10. The molecule has 72 heavy (non-hydrogen) atoms. The number of benzene rings is 3. The first kappa shape index (κ1) is 54.2. The standard InChI is InChI=1S/C57H77.2C7H7.Zr/c1-27-28(2)39(13)53(22,38(27)12)48-37(11)49(54(23)40(14)29(3)30(4)41(54)15)51(56(25)44(18)33(7)34(8)45(56)19)52(57(26)46(20)35(9)36(10)47(57)21)50(48)55(24)42(16)31(5)32(6)43(55)17;2*1-7-5-3-2-4-6-7;/h11H2,1-10,12-26H3;2*2-6H,1H2;. The fourth-order valence-corrected chi connectivity index (χ4v) is 22.6. The molecule has 0 amide bonds. The Labute approximate surface area is 447 Å². The van der Waals surface area contributed by atoms with E-state index in [2.05, 4.69) is 234 Å². The Kier molecular flexibility index (Phi) is 13.8. The molecule has 0 saturated heterocycles. The molecule has 0 aromatic heterocycles. The second kappa shape index (κ2) is 18.4. The molecule has 3 aromatic rings. The van der Waals surface area contributed by atoms with Crippen LogP contribution in [-0.2, 0) is 61.2 Å². The summed E-state index contributed by atoms with van der Waals surface area (Å²) >= 11 is -2.63. The summed E-state index contributed by atoms with van der Waals surface area (Å²) in [5, 5.41) is 0. The van der Waals surface area contributed by atoms with E-state index in [-0.39, 0.29) is 27.1 Å². The van der Waals surface area contributed by atoms with E-state index in [0.717, 1.165) is 4.13 Å². The van der Waals surface area contributed by atoms with Gasteiger partial charge in [0.2, 0.25) is 0 Å². The second-order valence-corrected chi connectivity index (χ2v) is 31.0. The molecule has 5 aliphatic rings. The molecule has 8 rings (SSSR count). The molecule has 1 heteroatoms. The predicted octanol–water partition coefficient (Wildman–Crippen LogP) is 19.9. The predicted molar refractivity (Wildman–Crippen MR) is 311 cm³/mol. The van der Waals surface area contributed by atoms with Gasteiger partial charge in [-0.1, -0.05) is 0 Å². The normalized spacial score (nSPS) is 21.6. The summed E-state index contributed by atoms with van der Waals surface area (Å²) in [6.07, 6.45) is 0. The van der Waals surface area contributed by atoms with Crippen LogP contribution in [0.15, 0.2) is 172 Å². The van der Waals surface area contributed by atoms with Gasteiger partial charge in [0.15, 0.2) is 0 Å². The van der Waals surface area contributed by atoms with E-state index in [1.54, 1.807) is 33.4 Å². The van der Waals surface area contributed by atoms with Gasteiger partial charge in [0, 0.05) is 0 Å². The SMILES string of the molecule is CC1=C(C)C(C)(c2c([CH2][Zr]([CH2]c3ccccc3)[CH2]c3ccccc3)c(C3(C)C(C)=C(C)C(C)=C3C)c(C3(C)C(C)=C(C)C(C)=C3C)c(C3(C)C(C)=C(C)C(C)=C3C)c2C2(C)C(C)=C(C)C(C)=C2C)C(C)=C1C. The number of hydrogen-bond acceptors (Lipinski definition) is 0. The van der Waals surface area contributed by atoms with Gasteiger partial charge in [-0.2, -0.15) is 0 Å². The van der Waals surface area contributed by atoms with E-state index >= 15 is 0 Å². The van der Waals surface area contributed by atoms with Gasteiger partial charge in [0.25, 0.3) is 0 Å². The van der Waals surface area contributed by atoms with Crippen molar-refractivity contribution >= 4 is 0 Å². The van der Waals surface area contributed by atoms with Crippen molar-refractivity contribution in [3.05, 3.63) is 217 Å². The molecule has 0 aliphatic heterocycles. The van der Waals surface area contributed by atoms with Crippen LogP contribution in [0.1, 0.15) is 218 Å². The van der Waals surface area contributed by atoms with Crippen LogP contribution in [0.4, 0.5) is 0 Å². The summed E-state index contributed by atoms with van der Waals surface area (Å²) in [6, 6.07) is 23.3. The van der Waals surface area contributed by atoms with Gasteiger partial charge >= 0.3 is 451 Å². The molecule has 0 atom stereocenters. The zero-order valence-corrected chi connectivity index (χ0v) is 52.4. The summed E-state index contributed by atoms with van der Waals surface area (Å²) in [4.78, 5) is 0. The molecule has 0 bridgehead atoms. The number of rotatable bonds is 11. The third-order valence-corrected chi connectivity index (χ3v) is 29.6. The van der Waals surface area contributed by atoms with E-state index in [9.17, 15) is 0 Å². The molecular formula is C71H91Zr. The summed E-state index contributed by atoms with van der Waals surface area (Å²) in [6.45, 7) is 63.0. The molecule has 0 N–H and O–H groups in total. The van der Waals surface area contributed by atoms with Gasteiger partial charge in [-0.15, -0.1) is 0 Å². The van der Waals surface area contributed by atoms with Crippen LogP contribution in [0.5, 0.6) is 0 Å². The molecule has 0 unspecified atom stereocenters. The van der Waals surface area contributed by atoms with Crippen LogP contribution in [0.2, 0.25) is 0 Å². The van der Waals surface area contributed by atoms with Crippen LogP contribution in [0, 0.1) is 0 Å².